The van der Waals surface area contributed by atoms with Gasteiger partial charge in [-0.05, 0) is 55.7 Å². The van der Waals surface area contributed by atoms with E-state index in [-0.39, 0.29) is 5.91 Å². The molecule has 1 aliphatic heterocycles. The number of piperidine rings is 1. The number of likely N-dealkylation sites (tertiary alicyclic amines) is 1. The summed E-state index contributed by atoms with van der Waals surface area (Å²) in [5.41, 5.74) is 3.23. The Balaban J connectivity index is 1.49. The van der Waals surface area contributed by atoms with Crippen molar-refractivity contribution in [1.82, 2.24) is 15.0 Å². The average molecular weight is 398 g/mol. The first-order chi connectivity index (χ1) is 13.9. The fourth-order valence-electron chi connectivity index (χ4n) is 4.25. The van der Waals surface area contributed by atoms with E-state index in [1.807, 2.05) is 11.9 Å². The van der Waals surface area contributed by atoms with E-state index < -0.39 is 0 Å². The van der Waals surface area contributed by atoms with Crippen molar-refractivity contribution in [3.63, 3.8) is 0 Å². The Hall–Kier alpha value is -2.14. The van der Waals surface area contributed by atoms with E-state index >= 15 is 0 Å². The number of benzene rings is 1. The molecular weight excluding hydrogens is 362 g/mol. The van der Waals surface area contributed by atoms with Crippen LogP contribution in [0.25, 0.3) is 0 Å². The lowest BCUT2D eigenvalue weighted by molar-refractivity contribution is 0.0720. The number of nitrogens with zero attached hydrogens (tertiary/aromatic N) is 3. The highest BCUT2D eigenvalue weighted by Crippen LogP contribution is 2.19. The number of carbonyl (C=O) groups excluding carboxylic acids is 1. The minimum Gasteiger partial charge on any atom is -0.361 e. The third-order valence-electron chi connectivity index (χ3n) is 5.83. The van der Waals surface area contributed by atoms with E-state index in [1.54, 1.807) is 6.07 Å². The maximum atomic E-state index is 12.7. The zero-order chi connectivity index (χ0) is 20.8. The van der Waals surface area contributed by atoms with Gasteiger partial charge in [0, 0.05) is 39.2 Å². The quantitative estimate of drug-likeness (QED) is 0.670. The Morgan fingerprint density at radius 3 is 2.90 bits per heavy atom. The maximum Gasteiger partial charge on any atom is 0.275 e. The predicted octanol–water partition coefficient (Wildman–Crippen LogP) is 4.21. The molecule has 0 bridgehead atoms. The van der Waals surface area contributed by atoms with Crippen molar-refractivity contribution < 1.29 is 9.32 Å². The Bertz CT molecular complexity index is 799. The summed E-state index contributed by atoms with van der Waals surface area (Å²) in [5.74, 6) is 1.74. The molecule has 1 aromatic carbocycles. The Morgan fingerprint density at radius 1 is 1.34 bits per heavy atom. The molecule has 1 saturated heterocycles. The highest BCUT2D eigenvalue weighted by atomic mass is 16.5. The minimum absolute atomic E-state index is 0.0409. The molecule has 1 amide bonds. The predicted molar refractivity (Wildman–Crippen MR) is 116 cm³/mol. The zero-order valence-electron chi connectivity index (χ0n) is 18.4. The number of amides is 1. The van der Waals surface area contributed by atoms with E-state index in [0.29, 0.717) is 17.5 Å². The molecule has 5 heteroatoms. The van der Waals surface area contributed by atoms with Gasteiger partial charge in [0.15, 0.2) is 5.69 Å². The molecule has 1 aliphatic rings. The Morgan fingerprint density at radius 2 is 2.14 bits per heavy atom. The summed E-state index contributed by atoms with van der Waals surface area (Å²) >= 11 is 0. The van der Waals surface area contributed by atoms with Crippen molar-refractivity contribution in [2.45, 2.75) is 46.5 Å². The zero-order valence-corrected chi connectivity index (χ0v) is 18.4. The summed E-state index contributed by atoms with van der Waals surface area (Å²) in [6.45, 7) is 10.5. The summed E-state index contributed by atoms with van der Waals surface area (Å²) in [5, 5.41) is 3.99. The van der Waals surface area contributed by atoms with Crippen LogP contribution < -0.4 is 0 Å². The molecule has 0 radical (unpaired) electrons. The van der Waals surface area contributed by atoms with Crippen LogP contribution in [0.15, 0.2) is 34.9 Å². The first-order valence-corrected chi connectivity index (χ1v) is 10.9. The van der Waals surface area contributed by atoms with Gasteiger partial charge < -0.3 is 14.3 Å². The van der Waals surface area contributed by atoms with Crippen LogP contribution in [0.4, 0.5) is 0 Å². The molecular formula is C24H35N3O2. The van der Waals surface area contributed by atoms with Gasteiger partial charge in [-0.15, -0.1) is 0 Å². The topological polar surface area (TPSA) is 49.6 Å². The third kappa shape index (κ3) is 6.17. The standard InChI is InChI=1S/C24H35N3O2/c1-18(2)14-22-15-23(25-29-22)24(28)26(4)16-20-9-7-12-27(17-20)13-11-21-10-6-5-8-19(21)3/h5-6,8,10,15,18,20H,7,9,11-14,16-17H2,1-4H3/t20-/m1/s1. The molecule has 3 rings (SSSR count). The van der Waals surface area contributed by atoms with Crippen LogP contribution in [0, 0.1) is 18.8 Å². The van der Waals surface area contributed by atoms with E-state index in [4.69, 9.17) is 4.52 Å². The van der Waals surface area contributed by atoms with Gasteiger partial charge in [-0.25, -0.2) is 0 Å². The number of hydrogen-bond acceptors (Lipinski definition) is 4. The van der Waals surface area contributed by atoms with Crippen LogP contribution in [-0.4, -0.2) is 54.1 Å². The number of aromatic nitrogens is 1. The van der Waals surface area contributed by atoms with Gasteiger partial charge in [-0.2, -0.15) is 0 Å². The van der Waals surface area contributed by atoms with Crippen molar-refractivity contribution >= 4 is 5.91 Å². The van der Waals surface area contributed by atoms with Gasteiger partial charge in [-0.3, -0.25) is 4.79 Å². The number of rotatable bonds is 8. The minimum atomic E-state index is -0.0409. The van der Waals surface area contributed by atoms with E-state index in [0.717, 1.165) is 44.8 Å². The van der Waals surface area contributed by atoms with Gasteiger partial charge in [-0.1, -0.05) is 43.3 Å². The Kier molecular flexibility index (Phi) is 7.48. The fraction of sp³-hybridized carbons (Fsp3) is 0.583. The van der Waals surface area contributed by atoms with Gasteiger partial charge in [0.1, 0.15) is 5.76 Å². The molecule has 2 aromatic rings. The maximum absolute atomic E-state index is 12.7. The third-order valence-corrected chi connectivity index (χ3v) is 5.83. The number of aryl methyl sites for hydroxylation is 1. The summed E-state index contributed by atoms with van der Waals surface area (Å²) in [7, 11) is 1.88. The van der Waals surface area contributed by atoms with Crippen LogP contribution in [0.5, 0.6) is 0 Å². The molecule has 0 aliphatic carbocycles. The molecule has 0 N–H and O–H groups in total. The van der Waals surface area contributed by atoms with Crippen LogP contribution in [0.3, 0.4) is 0 Å². The molecule has 1 aromatic heterocycles. The monoisotopic (exact) mass is 397 g/mol. The number of hydrogen-bond donors (Lipinski definition) is 0. The van der Waals surface area contributed by atoms with Gasteiger partial charge >= 0.3 is 0 Å². The smallest absolute Gasteiger partial charge is 0.275 e. The molecule has 5 nitrogen and oxygen atoms in total. The largest absolute Gasteiger partial charge is 0.361 e. The second-order valence-corrected chi connectivity index (χ2v) is 8.95. The Labute approximate surface area is 175 Å². The van der Waals surface area contributed by atoms with E-state index in [9.17, 15) is 4.79 Å². The lowest BCUT2D eigenvalue weighted by Gasteiger charge is -2.34. The van der Waals surface area contributed by atoms with Gasteiger partial charge in [0.05, 0.1) is 0 Å². The van der Waals surface area contributed by atoms with Crippen molar-refractivity contribution in [1.29, 1.82) is 0 Å². The van der Waals surface area contributed by atoms with Crippen LogP contribution >= 0.6 is 0 Å². The second-order valence-electron chi connectivity index (χ2n) is 8.95. The first-order valence-electron chi connectivity index (χ1n) is 10.9. The summed E-state index contributed by atoms with van der Waals surface area (Å²) in [6, 6.07) is 10.4. The molecule has 1 fully saturated rings. The lowest BCUT2D eigenvalue weighted by Crippen LogP contribution is -2.42. The highest BCUT2D eigenvalue weighted by Gasteiger charge is 2.24. The molecule has 0 saturated carbocycles. The van der Waals surface area contributed by atoms with E-state index in [2.05, 4.69) is 55.1 Å². The van der Waals surface area contributed by atoms with Gasteiger partial charge in [0.25, 0.3) is 5.91 Å². The van der Waals surface area contributed by atoms with Crippen molar-refractivity contribution in [2.75, 3.05) is 33.2 Å². The van der Waals surface area contributed by atoms with Gasteiger partial charge in [0.2, 0.25) is 0 Å². The number of carbonyl (C=O) groups is 1. The van der Waals surface area contributed by atoms with Crippen molar-refractivity contribution in [3.8, 4) is 0 Å². The lowest BCUT2D eigenvalue weighted by atomic mass is 9.96. The van der Waals surface area contributed by atoms with Crippen LogP contribution in [0.2, 0.25) is 0 Å². The molecule has 158 valence electrons. The average Bonchev–Trinajstić information content (AvgIpc) is 3.14. The SMILES string of the molecule is Cc1ccccc1CCN1CCC[C@H](CN(C)C(=O)c2cc(CC(C)C)on2)C1. The highest BCUT2D eigenvalue weighted by molar-refractivity contribution is 5.92. The molecule has 2 heterocycles. The van der Waals surface area contributed by atoms with Crippen molar-refractivity contribution in [3.05, 3.63) is 52.9 Å². The first kappa shape index (κ1) is 21.6. The summed E-state index contributed by atoms with van der Waals surface area (Å²) in [4.78, 5) is 17.1. The van der Waals surface area contributed by atoms with Crippen LogP contribution in [0.1, 0.15) is 54.1 Å². The second kappa shape index (κ2) is 10.1. The summed E-state index contributed by atoms with van der Waals surface area (Å²) in [6.07, 6.45) is 4.27. The van der Waals surface area contributed by atoms with E-state index in [1.165, 1.54) is 24.0 Å². The molecule has 1 atom stereocenters. The van der Waals surface area contributed by atoms with Crippen molar-refractivity contribution in [2.24, 2.45) is 11.8 Å². The fourth-order valence-corrected chi connectivity index (χ4v) is 4.25. The van der Waals surface area contributed by atoms with Crippen LogP contribution in [-0.2, 0) is 12.8 Å². The summed E-state index contributed by atoms with van der Waals surface area (Å²) < 4.78 is 5.33. The molecule has 0 spiro atoms. The normalized spacial score (nSPS) is 17.6. The molecule has 0 unspecified atom stereocenters. The molecule has 29 heavy (non-hydrogen) atoms.